The highest BCUT2D eigenvalue weighted by Gasteiger charge is 2.18. The van der Waals surface area contributed by atoms with Crippen molar-refractivity contribution in [3.05, 3.63) is 55.8 Å². The second kappa shape index (κ2) is 5.89. The quantitative estimate of drug-likeness (QED) is 0.617. The summed E-state index contributed by atoms with van der Waals surface area (Å²) in [5, 5.41) is 20.1. The minimum Gasteiger partial charge on any atom is -0.454 e. The van der Waals surface area contributed by atoms with Gasteiger partial charge in [-0.25, -0.2) is 0 Å². The average Bonchev–Trinajstić information content (AvgIpc) is 2.40. The van der Waals surface area contributed by atoms with E-state index in [0.29, 0.717) is 22.7 Å². The van der Waals surface area contributed by atoms with Crippen LogP contribution < -0.4 is 4.74 Å². The van der Waals surface area contributed by atoms with E-state index in [4.69, 9.17) is 4.74 Å². The Morgan fingerprint density at radius 1 is 1.38 bits per heavy atom. The van der Waals surface area contributed by atoms with E-state index >= 15 is 0 Å². The molecule has 7 heteroatoms. The van der Waals surface area contributed by atoms with E-state index in [1.54, 1.807) is 26.0 Å². The summed E-state index contributed by atoms with van der Waals surface area (Å²) >= 11 is 3.16. The number of rotatable bonds is 3. The molecule has 6 nitrogen and oxygen atoms in total. The molecule has 0 fully saturated rings. The Hall–Kier alpha value is -2.46. The lowest BCUT2D eigenvalue weighted by Crippen LogP contribution is -1.97. The summed E-state index contributed by atoms with van der Waals surface area (Å²) in [4.78, 5) is 14.6. The summed E-state index contributed by atoms with van der Waals surface area (Å²) in [5.41, 5.74) is 1.45. The van der Waals surface area contributed by atoms with Gasteiger partial charge in [-0.1, -0.05) is 6.07 Å². The third-order valence-electron chi connectivity index (χ3n) is 2.76. The Morgan fingerprint density at radius 2 is 2.10 bits per heavy atom. The lowest BCUT2D eigenvalue weighted by atomic mass is 10.2. The SMILES string of the molecule is Cc1cc(Oc2cccc([N+](=O)[O-])c2Br)c(C#N)c(C)n1. The largest absolute Gasteiger partial charge is 0.454 e. The summed E-state index contributed by atoms with van der Waals surface area (Å²) in [6.07, 6.45) is 0. The topological polar surface area (TPSA) is 89.0 Å². The molecule has 0 unspecified atom stereocenters. The van der Waals surface area contributed by atoms with Crippen LogP contribution in [0.2, 0.25) is 0 Å². The van der Waals surface area contributed by atoms with Crippen molar-refractivity contribution in [2.24, 2.45) is 0 Å². The molecule has 0 aliphatic heterocycles. The summed E-state index contributed by atoms with van der Waals surface area (Å²) in [6, 6.07) is 8.13. The third kappa shape index (κ3) is 3.01. The number of hydrogen-bond acceptors (Lipinski definition) is 5. The number of nitro groups is 1. The zero-order valence-electron chi connectivity index (χ0n) is 11.3. The van der Waals surface area contributed by atoms with Crippen LogP contribution in [0.1, 0.15) is 17.0 Å². The first-order valence-electron chi connectivity index (χ1n) is 5.93. The second-order valence-electron chi connectivity index (χ2n) is 4.28. The van der Waals surface area contributed by atoms with Crippen LogP contribution in [-0.4, -0.2) is 9.91 Å². The lowest BCUT2D eigenvalue weighted by Gasteiger charge is -2.11. The molecule has 0 amide bonds. The number of ether oxygens (including phenoxy) is 1. The Bertz CT molecular complexity index is 769. The van der Waals surface area contributed by atoms with Gasteiger partial charge < -0.3 is 4.74 Å². The maximum Gasteiger partial charge on any atom is 0.287 e. The highest BCUT2D eigenvalue weighted by molar-refractivity contribution is 9.10. The second-order valence-corrected chi connectivity index (χ2v) is 5.08. The van der Waals surface area contributed by atoms with Gasteiger partial charge in [0.05, 0.1) is 10.6 Å². The van der Waals surface area contributed by atoms with Crippen molar-refractivity contribution < 1.29 is 9.66 Å². The minimum atomic E-state index is -0.509. The maximum absolute atomic E-state index is 10.9. The first-order valence-corrected chi connectivity index (χ1v) is 6.72. The van der Waals surface area contributed by atoms with Crippen LogP contribution >= 0.6 is 15.9 Å². The fraction of sp³-hybridized carbons (Fsp3) is 0.143. The number of benzene rings is 1. The Balaban J connectivity index is 2.51. The summed E-state index contributed by atoms with van der Waals surface area (Å²) < 4.78 is 5.90. The number of hydrogen-bond donors (Lipinski definition) is 0. The number of pyridine rings is 1. The molecule has 0 saturated carbocycles. The van der Waals surface area contributed by atoms with Crippen molar-refractivity contribution >= 4 is 21.6 Å². The van der Waals surface area contributed by atoms with Crippen LogP contribution in [0.4, 0.5) is 5.69 Å². The van der Waals surface area contributed by atoms with Crippen molar-refractivity contribution in [1.29, 1.82) is 5.26 Å². The van der Waals surface area contributed by atoms with Gasteiger partial charge in [-0.2, -0.15) is 5.26 Å². The highest BCUT2D eigenvalue weighted by atomic mass is 79.9. The van der Waals surface area contributed by atoms with Crippen molar-refractivity contribution in [3.63, 3.8) is 0 Å². The zero-order valence-corrected chi connectivity index (χ0v) is 12.8. The van der Waals surface area contributed by atoms with Gasteiger partial charge >= 0.3 is 0 Å². The molecule has 2 rings (SSSR count). The van der Waals surface area contributed by atoms with Gasteiger partial charge in [0, 0.05) is 17.8 Å². The van der Waals surface area contributed by atoms with E-state index in [9.17, 15) is 15.4 Å². The molecular formula is C14H10BrN3O3. The van der Waals surface area contributed by atoms with Crippen LogP contribution in [0.5, 0.6) is 11.5 Å². The predicted octanol–water partition coefficient (Wildman–Crippen LogP) is 4.03. The van der Waals surface area contributed by atoms with Gasteiger partial charge in [-0.15, -0.1) is 0 Å². The molecule has 0 atom stereocenters. The van der Waals surface area contributed by atoms with Gasteiger partial charge in [-0.05, 0) is 35.8 Å². The van der Waals surface area contributed by atoms with Gasteiger partial charge in [0.25, 0.3) is 5.69 Å². The molecule has 0 aliphatic carbocycles. The zero-order chi connectivity index (χ0) is 15.6. The molecule has 106 valence electrons. The van der Waals surface area contributed by atoms with Gasteiger partial charge in [0.1, 0.15) is 27.6 Å². The van der Waals surface area contributed by atoms with E-state index in [0.717, 1.165) is 0 Å². The summed E-state index contributed by atoms with van der Waals surface area (Å²) in [7, 11) is 0. The van der Waals surface area contributed by atoms with Crippen LogP contribution in [-0.2, 0) is 0 Å². The van der Waals surface area contributed by atoms with E-state index in [1.807, 2.05) is 6.07 Å². The molecule has 0 spiro atoms. The first kappa shape index (κ1) is 14.9. The predicted molar refractivity (Wildman–Crippen MR) is 79.3 cm³/mol. The summed E-state index contributed by atoms with van der Waals surface area (Å²) in [6.45, 7) is 3.49. The van der Waals surface area contributed by atoms with Gasteiger partial charge in [0.2, 0.25) is 0 Å². The molecule has 0 N–H and O–H groups in total. The number of aryl methyl sites for hydroxylation is 2. The fourth-order valence-electron chi connectivity index (χ4n) is 1.85. The van der Waals surface area contributed by atoms with Crippen molar-refractivity contribution in [3.8, 4) is 17.6 Å². The Kier molecular flexibility index (Phi) is 4.19. The number of nitrogens with zero attached hydrogens (tertiary/aromatic N) is 3. The maximum atomic E-state index is 10.9. The summed E-state index contributed by atoms with van der Waals surface area (Å²) in [5.74, 6) is 0.592. The van der Waals surface area contributed by atoms with Crippen LogP contribution in [0.15, 0.2) is 28.7 Å². The van der Waals surface area contributed by atoms with Crippen molar-refractivity contribution in [2.45, 2.75) is 13.8 Å². The fourth-order valence-corrected chi connectivity index (χ4v) is 2.34. The first-order chi connectivity index (χ1) is 9.93. The third-order valence-corrected chi connectivity index (χ3v) is 3.56. The van der Waals surface area contributed by atoms with Crippen molar-refractivity contribution in [1.82, 2.24) is 4.98 Å². The average molecular weight is 348 g/mol. The van der Waals surface area contributed by atoms with E-state index in [2.05, 4.69) is 20.9 Å². The number of aromatic nitrogens is 1. The normalized spacial score (nSPS) is 10.0. The van der Waals surface area contributed by atoms with Gasteiger partial charge in [0.15, 0.2) is 0 Å². The number of nitriles is 1. The van der Waals surface area contributed by atoms with Crippen LogP contribution in [0, 0.1) is 35.3 Å². The molecule has 2 aromatic rings. The molecule has 0 bridgehead atoms. The highest BCUT2D eigenvalue weighted by Crippen LogP contribution is 2.37. The molecule has 21 heavy (non-hydrogen) atoms. The molecule has 0 aliphatic rings. The van der Waals surface area contributed by atoms with E-state index in [-0.39, 0.29) is 15.9 Å². The van der Waals surface area contributed by atoms with Crippen LogP contribution in [0.3, 0.4) is 0 Å². The van der Waals surface area contributed by atoms with Gasteiger partial charge in [-0.3, -0.25) is 15.1 Å². The van der Waals surface area contributed by atoms with Crippen molar-refractivity contribution in [2.75, 3.05) is 0 Å². The molecule has 0 saturated heterocycles. The molecule has 1 aromatic carbocycles. The molecular weight excluding hydrogens is 338 g/mol. The van der Waals surface area contributed by atoms with Crippen LogP contribution in [0.25, 0.3) is 0 Å². The molecule has 0 radical (unpaired) electrons. The van der Waals surface area contributed by atoms with E-state index < -0.39 is 4.92 Å². The smallest absolute Gasteiger partial charge is 0.287 e. The lowest BCUT2D eigenvalue weighted by molar-refractivity contribution is -0.385. The minimum absolute atomic E-state index is 0.103. The Labute approximate surface area is 129 Å². The number of halogens is 1. The Morgan fingerprint density at radius 3 is 2.71 bits per heavy atom. The number of nitro benzene ring substituents is 1. The molecule has 1 aromatic heterocycles. The van der Waals surface area contributed by atoms with E-state index in [1.165, 1.54) is 12.1 Å². The monoisotopic (exact) mass is 347 g/mol. The standard InChI is InChI=1S/C14H10BrN3O3/c1-8-6-13(10(7-16)9(2)17-8)21-12-5-3-4-11(14(12)15)18(19)20/h3-6H,1-2H3. The molecule has 1 heterocycles.